The number of aliphatic imine (C=N–C) groups is 1. The van der Waals surface area contributed by atoms with E-state index >= 15 is 0 Å². The van der Waals surface area contributed by atoms with Crippen LogP contribution in [0.5, 0.6) is 0 Å². The standard InChI is InChI=1S/C13F25NO/c14-2(15,4(18,19)6(22,23)8(26,27)10(30,31)12(34,35)36)3(16,17)5(20,21)7(24,25)9(28,29)11(32,33)13(37,38)39-1-40. The molecule has 0 aromatic rings. The summed E-state index contributed by atoms with van der Waals surface area (Å²) in [5.41, 5.74) is 0. The Kier molecular flexibility index (Phi) is 8.53. The van der Waals surface area contributed by atoms with Crippen molar-refractivity contribution in [3.63, 3.8) is 0 Å². The van der Waals surface area contributed by atoms with Crippen molar-refractivity contribution < 1.29 is 115 Å². The first-order valence-corrected chi connectivity index (χ1v) is 8.13. The van der Waals surface area contributed by atoms with Crippen molar-refractivity contribution in [3.05, 3.63) is 0 Å². The molecule has 0 aliphatic carbocycles. The fraction of sp³-hybridized carbons (Fsp3) is 0.923. The van der Waals surface area contributed by atoms with Crippen LogP contribution in [-0.4, -0.2) is 77.5 Å². The van der Waals surface area contributed by atoms with Gasteiger partial charge in [-0.05, 0) is 0 Å². The lowest BCUT2D eigenvalue weighted by Gasteiger charge is -2.45. The molecule has 0 bridgehead atoms. The Morgan fingerprint density at radius 2 is 0.475 bits per heavy atom. The number of isocyanates is 1. The molecule has 238 valence electrons. The summed E-state index contributed by atoms with van der Waals surface area (Å²) in [6.07, 6.45) is -8.97. The Hall–Kier alpha value is -2.37. The van der Waals surface area contributed by atoms with Crippen LogP contribution in [-0.2, 0) is 4.79 Å². The van der Waals surface area contributed by atoms with Crippen molar-refractivity contribution in [1.29, 1.82) is 0 Å². The molecular formula is C13F25NO. The molecule has 0 aromatic heterocycles. The van der Waals surface area contributed by atoms with Gasteiger partial charge < -0.3 is 0 Å². The van der Waals surface area contributed by atoms with Gasteiger partial charge in [0.2, 0.25) is 6.08 Å². The summed E-state index contributed by atoms with van der Waals surface area (Å²) >= 11 is 0. The minimum absolute atomic E-state index is 0.394. The van der Waals surface area contributed by atoms with Gasteiger partial charge in [0.15, 0.2) is 0 Å². The van der Waals surface area contributed by atoms with Crippen molar-refractivity contribution in [3.8, 4) is 0 Å². The van der Waals surface area contributed by atoms with Crippen LogP contribution < -0.4 is 0 Å². The smallest absolute Gasteiger partial charge is 0.211 e. The van der Waals surface area contributed by atoms with E-state index in [4.69, 9.17) is 0 Å². The van der Waals surface area contributed by atoms with Crippen molar-refractivity contribution in [1.82, 2.24) is 0 Å². The molecule has 2 nitrogen and oxygen atoms in total. The van der Waals surface area contributed by atoms with E-state index in [1.807, 2.05) is 0 Å². The molecule has 0 atom stereocenters. The third kappa shape index (κ3) is 4.22. The maximum absolute atomic E-state index is 13.5. The van der Waals surface area contributed by atoms with Crippen molar-refractivity contribution in [2.24, 2.45) is 4.99 Å². The van der Waals surface area contributed by atoms with Crippen LogP contribution in [0.4, 0.5) is 110 Å². The van der Waals surface area contributed by atoms with Crippen LogP contribution in [0.1, 0.15) is 0 Å². The van der Waals surface area contributed by atoms with E-state index in [1.54, 1.807) is 0 Å². The molecular weight excluding hydrogens is 661 g/mol. The molecule has 0 unspecified atom stereocenters. The fourth-order valence-electron chi connectivity index (χ4n) is 2.07. The van der Waals surface area contributed by atoms with E-state index in [0.717, 1.165) is 0 Å². The third-order valence-corrected chi connectivity index (χ3v) is 4.47. The zero-order valence-electron chi connectivity index (χ0n) is 16.8. The molecule has 0 aromatic carbocycles. The molecule has 0 amide bonds. The van der Waals surface area contributed by atoms with E-state index in [2.05, 4.69) is 0 Å². The molecule has 0 saturated carbocycles. The Morgan fingerprint density at radius 1 is 0.300 bits per heavy atom. The summed E-state index contributed by atoms with van der Waals surface area (Å²) in [6.45, 7) is 0. The Morgan fingerprint density at radius 3 is 0.650 bits per heavy atom. The van der Waals surface area contributed by atoms with Crippen LogP contribution >= 0.6 is 0 Å². The maximum atomic E-state index is 13.5. The highest BCUT2D eigenvalue weighted by atomic mass is 19.4. The first-order valence-electron chi connectivity index (χ1n) is 8.13. The van der Waals surface area contributed by atoms with Gasteiger partial charge >= 0.3 is 71.4 Å². The lowest BCUT2D eigenvalue weighted by atomic mass is 9.85. The highest BCUT2D eigenvalue weighted by Crippen LogP contribution is 2.67. The van der Waals surface area contributed by atoms with Crippen molar-refractivity contribution >= 4 is 6.08 Å². The number of alkyl halides is 25. The number of carbonyl (C=O) groups excluding carboxylic acids is 1. The second-order valence-corrected chi connectivity index (χ2v) is 6.99. The van der Waals surface area contributed by atoms with Gasteiger partial charge in [0.25, 0.3) is 0 Å². The Labute approximate surface area is 198 Å². The molecule has 0 spiro atoms. The normalized spacial score (nSPS) is 16.6. The van der Waals surface area contributed by atoms with Crippen LogP contribution in [0.2, 0.25) is 0 Å². The first kappa shape index (κ1) is 37.6. The van der Waals surface area contributed by atoms with Crippen LogP contribution in [0.25, 0.3) is 0 Å². The van der Waals surface area contributed by atoms with Gasteiger partial charge in [0.05, 0.1) is 0 Å². The minimum atomic E-state index is -9.64. The molecule has 40 heavy (non-hydrogen) atoms. The summed E-state index contributed by atoms with van der Waals surface area (Å²) in [7, 11) is 0. The van der Waals surface area contributed by atoms with Crippen molar-refractivity contribution in [2.45, 2.75) is 71.4 Å². The van der Waals surface area contributed by atoms with Gasteiger partial charge in [0.1, 0.15) is 0 Å². The lowest BCUT2D eigenvalue weighted by Crippen LogP contribution is -2.78. The van der Waals surface area contributed by atoms with E-state index in [1.165, 1.54) is 0 Å². The van der Waals surface area contributed by atoms with E-state index in [-0.39, 0.29) is 0 Å². The molecule has 0 fully saturated rings. The topological polar surface area (TPSA) is 29.4 Å². The molecule has 0 rings (SSSR count). The van der Waals surface area contributed by atoms with E-state index < -0.39 is 77.5 Å². The van der Waals surface area contributed by atoms with Crippen LogP contribution in [0, 0.1) is 0 Å². The monoisotopic (exact) mass is 661 g/mol. The quantitative estimate of drug-likeness (QED) is 0.0962. The SMILES string of the molecule is O=C=NC(F)(F)C(F)(F)C(F)(F)C(F)(F)C(F)(F)C(F)(F)C(F)(F)C(F)(F)C(F)(F)C(F)(F)C(F)(F)C(F)(F)F. The number of halogens is 25. The number of nitrogens with zero attached hydrogens (tertiary/aromatic N) is 1. The Balaban J connectivity index is 7.37. The van der Waals surface area contributed by atoms with Gasteiger partial charge in [-0.25, -0.2) is 4.79 Å². The summed E-state index contributed by atoms with van der Waals surface area (Å²) in [5.74, 6) is -92.3. The van der Waals surface area contributed by atoms with Gasteiger partial charge in [-0.2, -0.15) is 110 Å². The Bertz CT molecular complexity index is 997. The molecule has 0 heterocycles. The number of rotatable bonds is 11. The average Bonchev–Trinajstić information content (AvgIpc) is 2.71. The van der Waals surface area contributed by atoms with E-state index in [9.17, 15) is 115 Å². The second kappa shape index (κ2) is 9.06. The summed E-state index contributed by atoms with van der Waals surface area (Å²) in [5, 5.41) is 0. The minimum Gasteiger partial charge on any atom is -0.211 e. The molecule has 27 heteroatoms. The zero-order valence-corrected chi connectivity index (χ0v) is 16.8. The predicted molar refractivity (Wildman–Crippen MR) is 68.6 cm³/mol. The number of hydrogen-bond acceptors (Lipinski definition) is 2. The molecule has 0 N–H and O–H groups in total. The highest BCUT2D eigenvalue weighted by molar-refractivity contribution is 5.34. The number of hydrogen-bond donors (Lipinski definition) is 0. The average molecular weight is 661 g/mol. The van der Waals surface area contributed by atoms with Gasteiger partial charge in [-0.1, -0.05) is 0 Å². The second-order valence-electron chi connectivity index (χ2n) is 6.99. The fourth-order valence-corrected chi connectivity index (χ4v) is 2.07. The largest absolute Gasteiger partial charge is 0.460 e. The van der Waals surface area contributed by atoms with E-state index in [0.29, 0.717) is 4.99 Å². The highest BCUT2D eigenvalue weighted by Gasteiger charge is 2.99. The summed E-state index contributed by atoms with van der Waals surface area (Å²) < 4.78 is 326. The molecule has 0 saturated heterocycles. The molecule has 0 aliphatic heterocycles. The van der Waals surface area contributed by atoms with Gasteiger partial charge in [-0.3, -0.25) is 0 Å². The van der Waals surface area contributed by atoms with Gasteiger partial charge in [0, 0.05) is 0 Å². The maximum Gasteiger partial charge on any atom is 0.460 e. The zero-order chi connectivity index (χ0) is 33.4. The van der Waals surface area contributed by atoms with Crippen LogP contribution in [0.15, 0.2) is 4.99 Å². The predicted octanol–water partition coefficient (Wildman–Crippen LogP) is 7.83. The van der Waals surface area contributed by atoms with Crippen LogP contribution in [0.3, 0.4) is 0 Å². The lowest BCUT2D eigenvalue weighted by molar-refractivity contribution is -0.481. The molecule has 0 aliphatic rings. The first-order chi connectivity index (χ1) is 16.8. The summed E-state index contributed by atoms with van der Waals surface area (Å²) in [6, 6.07) is -7.43. The van der Waals surface area contributed by atoms with Gasteiger partial charge in [-0.15, -0.1) is 4.99 Å². The summed E-state index contributed by atoms with van der Waals surface area (Å²) in [4.78, 5) is 9.90. The molecule has 0 radical (unpaired) electrons. The van der Waals surface area contributed by atoms with Crippen molar-refractivity contribution in [2.75, 3.05) is 0 Å². The third-order valence-electron chi connectivity index (χ3n) is 4.47.